The third kappa shape index (κ3) is 4.51. The first-order valence-corrected chi connectivity index (χ1v) is 11.6. The van der Waals surface area contributed by atoms with E-state index in [2.05, 4.69) is 15.3 Å². The van der Waals surface area contributed by atoms with E-state index in [-0.39, 0.29) is 10.6 Å². The van der Waals surface area contributed by atoms with Crippen LogP contribution in [0.25, 0.3) is 21.5 Å². The van der Waals surface area contributed by atoms with Crippen LogP contribution in [0.15, 0.2) is 30.6 Å². The van der Waals surface area contributed by atoms with E-state index in [9.17, 15) is 14.3 Å². The van der Waals surface area contributed by atoms with Gasteiger partial charge in [-0.05, 0) is 26.0 Å². The Kier molecular flexibility index (Phi) is 6.90. The van der Waals surface area contributed by atoms with E-state index < -0.39 is 11.8 Å². The molecule has 11 heteroatoms. The van der Waals surface area contributed by atoms with Gasteiger partial charge in [-0.15, -0.1) is 11.3 Å². The van der Waals surface area contributed by atoms with Crippen LogP contribution < -0.4 is 14.8 Å². The molecule has 0 spiro atoms. The van der Waals surface area contributed by atoms with Gasteiger partial charge in [0.15, 0.2) is 16.4 Å². The lowest BCUT2D eigenvalue weighted by molar-refractivity contribution is 0.0698. The SMILES string of the molecule is CCOc1cc(-c2cc(NCCn3c(C)cc4c(OC)c(F)cc(Cl)c43)ncn2)sc1C(=O)O. The number of hydrogen-bond acceptors (Lipinski definition) is 7. The molecule has 3 aromatic heterocycles. The van der Waals surface area contributed by atoms with Crippen molar-refractivity contribution >= 4 is 45.6 Å². The number of aromatic carboxylic acids is 1. The molecular weight excluding hydrogens is 483 g/mol. The summed E-state index contributed by atoms with van der Waals surface area (Å²) < 4.78 is 26.9. The van der Waals surface area contributed by atoms with Crippen LogP contribution in [0.3, 0.4) is 0 Å². The van der Waals surface area contributed by atoms with Crippen LogP contribution in [-0.2, 0) is 6.54 Å². The standard InChI is InChI=1S/C23H22ClFN4O4S/c1-4-33-17-10-18(34-22(17)23(30)31)16-9-19(28-11-27-16)26-5-6-29-12(2)7-13-20(29)14(24)8-15(25)21(13)32-3/h7-11H,4-6H2,1-3H3,(H,30,31)(H,26,27,28). The number of nitrogens with one attached hydrogen (secondary N) is 1. The van der Waals surface area contributed by atoms with Crippen molar-refractivity contribution < 1.29 is 23.8 Å². The number of anilines is 1. The molecule has 0 atom stereocenters. The molecule has 0 fully saturated rings. The van der Waals surface area contributed by atoms with Gasteiger partial charge in [-0.2, -0.15) is 0 Å². The van der Waals surface area contributed by atoms with Gasteiger partial charge in [-0.25, -0.2) is 19.2 Å². The van der Waals surface area contributed by atoms with Crippen LogP contribution >= 0.6 is 22.9 Å². The highest BCUT2D eigenvalue weighted by molar-refractivity contribution is 7.17. The van der Waals surface area contributed by atoms with E-state index >= 15 is 0 Å². The summed E-state index contributed by atoms with van der Waals surface area (Å²) in [5.41, 5.74) is 2.20. The van der Waals surface area contributed by atoms with Crippen molar-refractivity contribution in [1.29, 1.82) is 0 Å². The highest BCUT2D eigenvalue weighted by Gasteiger charge is 2.19. The number of ether oxygens (including phenoxy) is 2. The molecule has 8 nitrogen and oxygen atoms in total. The molecule has 0 aliphatic heterocycles. The molecule has 0 saturated heterocycles. The Morgan fingerprint density at radius 1 is 1.29 bits per heavy atom. The maximum atomic E-state index is 14.2. The minimum Gasteiger partial charge on any atom is -0.493 e. The second kappa shape index (κ2) is 9.86. The van der Waals surface area contributed by atoms with Crippen LogP contribution in [0.4, 0.5) is 10.2 Å². The first-order valence-electron chi connectivity index (χ1n) is 10.4. The van der Waals surface area contributed by atoms with E-state index in [1.165, 1.54) is 19.5 Å². The van der Waals surface area contributed by atoms with Crippen LogP contribution in [-0.4, -0.2) is 45.9 Å². The minimum atomic E-state index is -1.04. The van der Waals surface area contributed by atoms with Crippen molar-refractivity contribution in [2.45, 2.75) is 20.4 Å². The minimum absolute atomic E-state index is 0.128. The number of carbonyl (C=O) groups is 1. The Labute approximate surface area is 203 Å². The van der Waals surface area contributed by atoms with E-state index in [4.69, 9.17) is 21.1 Å². The molecular formula is C23H22ClFN4O4S. The number of carboxylic acid groups (broad SMARTS) is 1. The maximum Gasteiger partial charge on any atom is 0.349 e. The summed E-state index contributed by atoms with van der Waals surface area (Å²) in [4.78, 5) is 20.8. The van der Waals surface area contributed by atoms with E-state index in [0.717, 1.165) is 17.0 Å². The van der Waals surface area contributed by atoms with Gasteiger partial charge in [0.05, 0.1) is 34.8 Å². The number of aromatic nitrogens is 3. The van der Waals surface area contributed by atoms with Gasteiger partial charge in [0.25, 0.3) is 0 Å². The summed E-state index contributed by atoms with van der Waals surface area (Å²) in [6.45, 7) is 5.13. The van der Waals surface area contributed by atoms with Gasteiger partial charge < -0.3 is 24.5 Å². The number of benzene rings is 1. The van der Waals surface area contributed by atoms with Crippen molar-refractivity contribution in [3.05, 3.63) is 52.0 Å². The van der Waals surface area contributed by atoms with Crippen molar-refractivity contribution in [3.63, 3.8) is 0 Å². The number of thiophene rings is 1. The fourth-order valence-corrected chi connectivity index (χ4v) is 4.98. The summed E-state index contributed by atoms with van der Waals surface area (Å²) in [6, 6.07) is 6.52. The van der Waals surface area contributed by atoms with Gasteiger partial charge in [0, 0.05) is 36.3 Å². The Hall–Kier alpha value is -3.37. The normalized spacial score (nSPS) is 11.1. The monoisotopic (exact) mass is 504 g/mol. The molecule has 0 unspecified atom stereocenters. The van der Waals surface area contributed by atoms with Crippen LogP contribution in [0.5, 0.6) is 11.5 Å². The van der Waals surface area contributed by atoms with E-state index in [0.29, 0.717) is 57.8 Å². The zero-order chi connectivity index (χ0) is 24.4. The summed E-state index contributed by atoms with van der Waals surface area (Å²) >= 11 is 7.44. The molecule has 0 aliphatic carbocycles. The Morgan fingerprint density at radius 2 is 2.09 bits per heavy atom. The van der Waals surface area contributed by atoms with Gasteiger partial charge >= 0.3 is 5.97 Å². The first kappa shape index (κ1) is 23.8. The second-order valence-corrected chi connectivity index (χ2v) is 8.79. The van der Waals surface area contributed by atoms with E-state index in [1.807, 2.05) is 17.6 Å². The fraction of sp³-hybridized carbons (Fsp3) is 0.261. The van der Waals surface area contributed by atoms with Crippen LogP contribution in [0.1, 0.15) is 22.3 Å². The highest BCUT2D eigenvalue weighted by atomic mass is 35.5. The number of carboxylic acids is 1. The predicted octanol–water partition coefficient (Wildman–Crippen LogP) is 5.48. The topological polar surface area (TPSA) is 98.5 Å². The summed E-state index contributed by atoms with van der Waals surface area (Å²) in [5, 5.41) is 13.6. The molecule has 0 bridgehead atoms. The molecule has 2 N–H and O–H groups in total. The third-order valence-corrected chi connectivity index (χ3v) is 6.62. The van der Waals surface area contributed by atoms with Gasteiger partial charge in [0.2, 0.25) is 0 Å². The highest BCUT2D eigenvalue weighted by Crippen LogP contribution is 2.37. The Morgan fingerprint density at radius 3 is 2.79 bits per heavy atom. The average molecular weight is 505 g/mol. The molecule has 0 radical (unpaired) electrons. The fourth-order valence-electron chi connectivity index (χ4n) is 3.77. The van der Waals surface area contributed by atoms with Crippen LogP contribution in [0, 0.1) is 12.7 Å². The lowest BCUT2D eigenvalue weighted by Crippen LogP contribution is -2.12. The molecule has 178 valence electrons. The largest absolute Gasteiger partial charge is 0.493 e. The number of nitrogens with zero attached hydrogens (tertiary/aromatic N) is 3. The van der Waals surface area contributed by atoms with Crippen LogP contribution in [0.2, 0.25) is 5.02 Å². The van der Waals surface area contributed by atoms with Gasteiger partial charge in [-0.3, -0.25) is 0 Å². The zero-order valence-corrected chi connectivity index (χ0v) is 20.3. The van der Waals surface area contributed by atoms with Gasteiger partial charge in [-0.1, -0.05) is 11.6 Å². The third-order valence-electron chi connectivity index (χ3n) is 5.20. The van der Waals surface area contributed by atoms with Crippen molar-refractivity contribution in [2.24, 2.45) is 0 Å². The van der Waals surface area contributed by atoms with E-state index in [1.54, 1.807) is 19.1 Å². The number of rotatable bonds is 9. The quantitative estimate of drug-likeness (QED) is 0.311. The smallest absolute Gasteiger partial charge is 0.349 e. The van der Waals surface area contributed by atoms with Crippen molar-refractivity contribution in [2.75, 3.05) is 25.6 Å². The molecule has 4 aromatic rings. The van der Waals surface area contributed by atoms with Crippen molar-refractivity contribution in [1.82, 2.24) is 14.5 Å². The number of hydrogen-bond donors (Lipinski definition) is 2. The number of aryl methyl sites for hydroxylation is 1. The molecule has 0 aliphatic rings. The van der Waals surface area contributed by atoms with Gasteiger partial charge in [0.1, 0.15) is 17.9 Å². The molecule has 0 saturated carbocycles. The zero-order valence-electron chi connectivity index (χ0n) is 18.7. The first-order chi connectivity index (χ1) is 16.3. The lowest BCUT2D eigenvalue weighted by atomic mass is 10.2. The predicted molar refractivity (Wildman–Crippen MR) is 130 cm³/mol. The molecule has 1 aromatic carbocycles. The summed E-state index contributed by atoms with van der Waals surface area (Å²) in [6.07, 6.45) is 1.42. The molecule has 4 rings (SSSR count). The number of fused-ring (bicyclic) bond motifs is 1. The summed E-state index contributed by atoms with van der Waals surface area (Å²) in [7, 11) is 1.43. The molecule has 0 amide bonds. The maximum absolute atomic E-state index is 14.2. The second-order valence-electron chi connectivity index (χ2n) is 7.33. The van der Waals surface area contributed by atoms with Crippen molar-refractivity contribution in [3.8, 4) is 22.1 Å². The molecule has 3 heterocycles. The number of halogens is 2. The lowest BCUT2D eigenvalue weighted by Gasteiger charge is -2.12. The Balaban J connectivity index is 1.54. The number of methoxy groups -OCH3 is 1. The average Bonchev–Trinajstić information content (AvgIpc) is 3.36. The summed E-state index contributed by atoms with van der Waals surface area (Å²) in [5.74, 6) is -0.482. The molecule has 34 heavy (non-hydrogen) atoms. The Bertz CT molecular complexity index is 1370.